The molecule has 0 heterocycles. The Bertz CT molecular complexity index is 419. The van der Waals surface area contributed by atoms with Gasteiger partial charge in [-0.25, -0.2) is 4.79 Å². The topological polar surface area (TPSA) is 74.6 Å². The summed E-state index contributed by atoms with van der Waals surface area (Å²) in [6.45, 7) is 2.93. The van der Waals surface area contributed by atoms with Crippen molar-refractivity contribution in [2.75, 3.05) is 0 Å². The fraction of sp³-hybridized carbons (Fsp3) is 0.300. The smallest absolute Gasteiger partial charge is 0.337 e. The van der Waals surface area contributed by atoms with Crippen molar-refractivity contribution >= 4 is 29.0 Å². The van der Waals surface area contributed by atoms with E-state index in [0.717, 1.165) is 0 Å². The molecule has 0 saturated heterocycles. The number of hydrogen-bond acceptors (Lipinski definition) is 3. The highest BCUT2D eigenvalue weighted by atomic mass is 32.1. The van der Waals surface area contributed by atoms with E-state index in [1.165, 1.54) is 26.0 Å². The van der Waals surface area contributed by atoms with Gasteiger partial charge >= 0.3 is 11.9 Å². The van der Waals surface area contributed by atoms with Gasteiger partial charge < -0.3 is 10.2 Å². The summed E-state index contributed by atoms with van der Waals surface area (Å²) in [5.74, 6) is -2.27. The molecule has 1 unspecified atom stereocenters. The highest BCUT2D eigenvalue weighted by Gasteiger charge is 2.38. The molecule has 4 nitrogen and oxygen atoms in total. The summed E-state index contributed by atoms with van der Waals surface area (Å²) in [5.41, 5.74) is -1.11. The van der Waals surface area contributed by atoms with Crippen LogP contribution in [0.4, 0.5) is 0 Å². The Kier molecular flexibility index (Phi) is 2.77. The molecule has 0 bridgehead atoms. The molecule has 0 amide bonds. The van der Waals surface area contributed by atoms with E-state index in [2.05, 4.69) is 0 Å². The quantitative estimate of drug-likeness (QED) is 0.696. The number of aliphatic carboxylic acids is 2. The molecule has 0 aromatic carbocycles. The minimum Gasteiger partial charge on any atom is -0.480 e. The van der Waals surface area contributed by atoms with Crippen molar-refractivity contribution in [1.82, 2.24) is 0 Å². The Morgan fingerprint density at radius 3 is 2.33 bits per heavy atom. The standard InChI is InChI=1S/C10H10O4S/c1-5-7(8(11)12)6(15)3-4-10(5,2)9(13)14/h3-4H,1-2H3,(H,11,12)(H,13,14). The predicted molar refractivity (Wildman–Crippen MR) is 57.8 cm³/mol. The lowest BCUT2D eigenvalue weighted by Crippen LogP contribution is -2.32. The van der Waals surface area contributed by atoms with E-state index >= 15 is 0 Å². The molecule has 0 aliphatic heterocycles. The second-order valence-electron chi connectivity index (χ2n) is 3.51. The molecule has 1 rings (SSSR count). The van der Waals surface area contributed by atoms with Crippen LogP contribution in [-0.4, -0.2) is 27.0 Å². The number of allylic oxidation sites excluding steroid dienone is 1. The van der Waals surface area contributed by atoms with Gasteiger partial charge in [0.25, 0.3) is 0 Å². The maximum Gasteiger partial charge on any atom is 0.337 e. The first kappa shape index (κ1) is 11.6. The Balaban J connectivity index is 3.41. The van der Waals surface area contributed by atoms with Gasteiger partial charge in [-0.15, -0.1) is 0 Å². The highest BCUT2D eigenvalue weighted by molar-refractivity contribution is 7.81. The van der Waals surface area contributed by atoms with Crippen molar-refractivity contribution in [3.63, 3.8) is 0 Å². The van der Waals surface area contributed by atoms with Crippen LogP contribution >= 0.6 is 12.2 Å². The molecular formula is C10H10O4S. The maximum atomic E-state index is 11.0. The van der Waals surface area contributed by atoms with E-state index < -0.39 is 17.4 Å². The van der Waals surface area contributed by atoms with Crippen LogP contribution in [-0.2, 0) is 9.59 Å². The van der Waals surface area contributed by atoms with Crippen molar-refractivity contribution in [2.45, 2.75) is 13.8 Å². The second-order valence-corrected chi connectivity index (χ2v) is 3.95. The van der Waals surface area contributed by atoms with E-state index in [4.69, 9.17) is 22.4 Å². The van der Waals surface area contributed by atoms with Gasteiger partial charge in [0, 0.05) is 0 Å². The fourth-order valence-electron chi connectivity index (χ4n) is 1.39. The number of rotatable bonds is 2. The molecular weight excluding hydrogens is 216 g/mol. The van der Waals surface area contributed by atoms with E-state index in [1.807, 2.05) is 0 Å². The SMILES string of the molecule is CC1=C(C(=O)O)C(=S)C=CC1(C)C(=O)O. The maximum absolute atomic E-state index is 11.0. The fourth-order valence-corrected chi connectivity index (χ4v) is 1.70. The van der Waals surface area contributed by atoms with E-state index in [1.54, 1.807) is 0 Å². The van der Waals surface area contributed by atoms with Crippen LogP contribution in [0.5, 0.6) is 0 Å². The van der Waals surface area contributed by atoms with E-state index in [-0.39, 0.29) is 16.0 Å². The minimum atomic E-state index is -1.28. The molecule has 0 aromatic rings. The summed E-state index contributed by atoms with van der Waals surface area (Å²) in [6.07, 6.45) is 2.78. The van der Waals surface area contributed by atoms with Gasteiger partial charge in [-0.1, -0.05) is 18.3 Å². The Hall–Kier alpha value is -1.49. The third-order valence-corrected chi connectivity index (χ3v) is 2.97. The second kappa shape index (κ2) is 3.58. The van der Waals surface area contributed by atoms with Crippen molar-refractivity contribution in [1.29, 1.82) is 0 Å². The monoisotopic (exact) mass is 226 g/mol. The molecule has 0 saturated carbocycles. The molecule has 0 aromatic heterocycles. The molecule has 0 spiro atoms. The van der Waals surface area contributed by atoms with Gasteiger partial charge in [0.2, 0.25) is 0 Å². The number of thiocarbonyl (C=S) groups is 1. The molecule has 1 atom stereocenters. The van der Waals surface area contributed by atoms with Gasteiger partial charge in [-0.05, 0) is 25.5 Å². The van der Waals surface area contributed by atoms with Crippen molar-refractivity contribution < 1.29 is 19.8 Å². The van der Waals surface area contributed by atoms with Gasteiger partial charge in [0.1, 0.15) is 5.41 Å². The zero-order valence-corrected chi connectivity index (χ0v) is 9.09. The number of hydrogen-bond donors (Lipinski definition) is 2. The lowest BCUT2D eigenvalue weighted by atomic mass is 9.76. The van der Waals surface area contributed by atoms with Crippen LogP contribution in [0.1, 0.15) is 13.8 Å². The van der Waals surface area contributed by atoms with E-state index in [9.17, 15) is 9.59 Å². The first-order chi connectivity index (χ1) is 6.80. The zero-order valence-electron chi connectivity index (χ0n) is 8.27. The minimum absolute atomic E-state index is 0.0857. The van der Waals surface area contributed by atoms with Crippen LogP contribution in [0.2, 0.25) is 0 Å². The number of carboxylic acids is 2. The summed E-state index contributed by atoms with van der Waals surface area (Å²) >= 11 is 4.85. The van der Waals surface area contributed by atoms with Crippen molar-refractivity contribution in [3.8, 4) is 0 Å². The van der Waals surface area contributed by atoms with Gasteiger partial charge in [-0.2, -0.15) is 0 Å². The van der Waals surface area contributed by atoms with Crippen LogP contribution in [0.15, 0.2) is 23.3 Å². The van der Waals surface area contributed by atoms with Crippen LogP contribution < -0.4 is 0 Å². The third kappa shape index (κ3) is 1.70. The third-order valence-electron chi connectivity index (χ3n) is 2.63. The molecule has 0 fully saturated rings. The molecule has 2 N–H and O–H groups in total. The Labute approximate surface area is 91.9 Å². The average molecular weight is 226 g/mol. The molecule has 5 heteroatoms. The van der Waals surface area contributed by atoms with Crippen LogP contribution in [0.3, 0.4) is 0 Å². The lowest BCUT2D eigenvalue weighted by molar-refractivity contribution is -0.143. The number of carboxylic acid groups (broad SMARTS) is 2. The first-order valence-electron chi connectivity index (χ1n) is 4.22. The van der Waals surface area contributed by atoms with Gasteiger partial charge in [0.05, 0.1) is 10.4 Å². The highest BCUT2D eigenvalue weighted by Crippen LogP contribution is 2.35. The summed E-state index contributed by atoms with van der Waals surface area (Å²) < 4.78 is 0. The number of carbonyl (C=O) groups is 2. The molecule has 1 aliphatic carbocycles. The predicted octanol–water partition coefficient (Wildman–Crippen LogP) is 1.42. The summed E-state index contributed by atoms with van der Waals surface area (Å²) in [4.78, 5) is 22.1. The van der Waals surface area contributed by atoms with Crippen molar-refractivity contribution in [3.05, 3.63) is 23.3 Å². The Morgan fingerprint density at radius 1 is 1.40 bits per heavy atom. The zero-order chi connectivity index (χ0) is 11.8. The molecule has 0 radical (unpaired) electrons. The van der Waals surface area contributed by atoms with Crippen LogP contribution in [0, 0.1) is 5.41 Å². The molecule has 80 valence electrons. The first-order valence-corrected chi connectivity index (χ1v) is 4.63. The van der Waals surface area contributed by atoms with Gasteiger partial charge in [-0.3, -0.25) is 4.79 Å². The molecule has 15 heavy (non-hydrogen) atoms. The molecule has 1 aliphatic rings. The summed E-state index contributed by atoms with van der Waals surface area (Å²) in [7, 11) is 0. The normalized spacial score (nSPS) is 25.6. The van der Waals surface area contributed by atoms with Crippen molar-refractivity contribution in [2.24, 2.45) is 5.41 Å². The summed E-state index contributed by atoms with van der Waals surface area (Å²) in [5, 5.41) is 18.0. The summed E-state index contributed by atoms with van der Waals surface area (Å²) in [6, 6.07) is 0. The Morgan fingerprint density at radius 2 is 1.93 bits per heavy atom. The lowest BCUT2D eigenvalue weighted by Gasteiger charge is -2.27. The van der Waals surface area contributed by atoms with E-state index in [0.29, 0.717) is 0 Å². The average Bonchev–Trinajstić information content (AvgIpc) is 2.11. The largest absolute Gasteiger partial charge is 0.480 e. The van der Waals surface area contributed by atoms with Crippen LogP contribution in [0.25, 0.3) is 0 Å². The van der Waals surface area contributed by atoms with Gasteiger partial charge in [0.15, 0.2) is 0 Å².